The van der Waals surface area contributed by atoms with Gasteiger partial charge < -0.3 is 16.0 Å². The maximum atomic E-state index is 12.0. The van der Waals surface area contributed by atoms with Crippen molar-refractivity contribution in [2.75, 3.05) is 25.0 Å². The first-order valence-electron chi connectivity index (χ1n) is 9.56. The molecule has 0 saturated heterocycles. The van der Waals surface area contributed by atoms with E-state index in [1.54, 1.807) is 24.3 Å². The molecule has 140 valence electrons. The number of hydrogen-bond donors (Lipinski definition) is 3. The lowest BCUT2D eigenvalue weighted by Crippen LogP contribution is -2.29. The van der Waals surface area contributed by atoms with Gasteiger partial charge in [-0.2, -0.15) is 0 Å². The van der Waals surface area contributed by atoms with Gasteiger partial charge in [-0.05, 0) is 37.6 Å². The van der Waals surface area contributed by atoms with E-state index >= 15 is 0 Å². The molecule has 25 heavy (non-hydrogen) atoms. The lowest BCUT2D eigenvalue weighted by atomic mass is 10.1. The van der Waals surface area contributed by atoms with E-state index in [1.165, 1.54) is 25.7 Å². The number of unbranched alkanes of at least 4 members (excludes halogenated alkanes) is 5. The average molecular weight is 348 g/mol. The standard InChI is InChI=1S/C20H33N3O2/c1-3-5-7-8-9-13-21-16-19(24)23-18-12-10-11-17(15-18)20(25)22-14-6-4-2/h10-12,15,21H,3-9,13-14,16H2,1-2H3,(H,22,25)(H,23,24). The summed E-state index contributed by atoms with van der Waals surface area (Å²) in [7, 11) is 0. The molecule has 0 fully saturated rings. The van der Waals surface area contributed by atoms with Crippen molar-refractivity contribution in [1.82, 2.24) is 10.6 Å². The first-order chi connectivity index (χ1) is 12.2. The molecular formula is C20H33N3O2. The number of nitrogens with one attached hydrogen (secondary N) is 3. The zero-order valence-electron chi connectivity index (χ0n) is 15.7. The zero-order valence-corrected chi connectivity index (χ0v) is 15.7. The molecular weight excluding hydrogens is 314 g/mol. The van der Waals surface area contributed by atoms with Crippen molar-refractivity contribution in [3.8, 4) is 0 Å². The van der Waals surface area contributed by atoms with E-state index in [2.05, 4.69) is 29.8 Å². The van der Waals surface area contributed by atoms with E-state index < -0.39 is 0 Å². The minimum Gasteiger partial charge on any atom is -0.352 e. The molecule has 0 aliphatic carbocycles. The molecule has 0 bridgehead atoms. The van der Waals surface area contributed by atoms with Crippen molar-refractivity contribution >= 4 is 17.5 Å². The fourth-order valence-electron chi connectivity index (χ4n) is 2.48. The molecule has 0 aliphatic heterocycles. The summed E-state index contributed by atoms with van der Waals surface area (Å²) in [5.41, 5.74) is 1.22. The van der Waals surface area contributed by atoms with Gasteiger partial charge in [-0.3, -0.25) is 9.59 Å². The van der Waals surface area contributed by atoms with Crippen molar-refractivity contribution in [2.24, 2.45) is 0 Å². The molecule has 2 amide bonds. The molecule has 0 aromatic heterocycles. The minimum absolute atomic E-state index is 0.0860. The van der Waals surface area contributed by atoms with Crippen LogP contribution in [0.3, 0.4) is 0 Å². The molecule has 1 aromatic carbocycles. The van der Waals surface area contributed by atoms with Gasteiger partial charge in [0.1, 0.15) is 0 Å². The summed E-state index contributed by atoms with van der Waals surface area (Å²) in [6.45, 7) is 6.11. The van der Waals surface area contributed by atoms with Gasteiger partial charge >= 0.3 is 0 Å². The second kappa shape index (κ2) is 13.4. The lowest BCUT2D eigenvalue weighted by molar-refractivity contribution is -0.115. The van der Waals surface area contributed by atoms with Crippen molar-refractivity contribution in [3.05, 3.63) is 29.8 Å². The van der Waals surface area contributed by atoms with Gasteiger partial charge in [0.2, 0.25) is 5.91 Å². The van der Waals surface area contributed by atoms with Crippen molar-refractivity contribution < 1.29 is 9.59 Å². The number of anilines is 1. The van der Waals surface area contributed by atoms with Crippen LogP contribution < -0.4 is 16.0 Å². The van der Waals surface area contributed by atoms with Crippen LogP contribution in [0.2, 0.25) is 0 Å². The highest BCUT2D eigenvalue weighted by atomic mass is 16.2. The fourth-order valence-corrected chi connectivity index (χ4v) is 2.48. The summed E-state index contributed by atoms with van der Waals surface area (Å²) >= 11 is 0. The summed E-state index contributed by atoms with van der Waals surface area (Å²) in [4.78, 5) is 24.0. The fraction of sp³-hybridized carbons (Fsp3) is 0.600. The van der Waals surface area contributed by atoms with E-state index in [1.807, 2.05) is 0 Å². The van der Waals surface area contributed by atoms with E-state index in [9.17, 15) is 9.59 Å². The Kier molecular flexibility index (Phi) is 11.4. The van der Waals surface area contributed by atoms with E-state index in [-0.39, 0.29) is 11.8 Å². The minimum atomic E-state index is -0.102. The molecule has 0 spiro atoms. The van der Waals surface area contributed by atoms with Crippen molar-refractivity contribution in [2.45, 2.75) is 58.8 Å². The number of amides is 2. The Labute approximate surface area is 152 Å². The van der Waals surface area contributed by atoms with Crippen LogP contribution in [0.15, 0.2) is 24.3 Å². The van der Waals surface area contributed by atoms with Crippen LogP contribution in [0, 0.1) is 0 Å². The maximum absolute atomic E-state index is 12.0. The zero-order chi connectivity index (χ0) is 18.3. The normalized spacial score (nSPS) is 10.5. The third-order valence-corrected chi connectivity index (χ3v) is 3.97. The van der Waals surface area contributed by atoms with Gasteiger partial charge in [0, 0.05) is 17.8 Å². The van der Waals surface area contributed by atoms with Crippen molar-refractivity contribution in [1.29, 1.82) is 0 Å². The highest BCUT2D eigenvalue weighted by Gasteiger charge is 2.07. The van der Waals surface area contributed by atoms with Gasteiger partial charge in [-0.15, -0.1) is 0 Å². The van der Waals surface area contributed by atoms with Gasteiger partial charge in [-0.25, -0.2) is 0 Å². The van der Waals surface area contributed by atoms with Crippen LogP contribution in [0.5, 0.6) is 0 Å². The lowest BCUT2D eigenvalue weighted by Gasteiger charge is -2.09. The molecule has 0 radical (unpaired) electrons. The first-order valence-corrected chi connectivity index (χ1v) is 9.56. The highest BCUT2D eigenvalue weighted by Crippen LogP contribution is 2.10. The van der Waals surface area contributed by atoms with E-state index in [4.69, 9.17) is 0 Å². The highest BCUT2D eigenvalue weighted by molar-refractivity contribution is 5.97. The van der Waals surface area contributed by atoms with Gasteiger partial charge in [0.05, 0.1) is 6.54 Å². The van der Waals surface area contributed by atoms with Crippen LogP contribution in [0.1, 0.15) is 69.2 Å². The van der Waals surface area contributed by atoms with Crippen LogP contribution in [0.25, 0.3) is 0 Å². The maximum Gasteiger partial charge on any atom is 0.251 e. The summed E-state index contributed by atoms with van der Waals surface area (Å²) in [5.74, 6) is -0.188. The monoisotopic (exact) mass is 347 g/mol. The Morgan fingerprint density at radius 2 is 1.68 bits per heavy atom. The number of carbonyl (C=O) groups is 2. The molecule has 0 aliphatic rings. The van der Waals surface area contributed by atoms with Gasteiger partial charge in [0.15, 0.2) is 0 Å². The smallest absolute Gasteiger partial charge is 0.251 e. The van der Waals surface area contributed by atoms with Crippen molar-refractivity contribution in [3.63, 3.8) is 0 Å². The third kappa shape index (κ3) is 9.87. The summed E-state index contributed by atoms with van der Waals surface area (Å²) in [5, 5.41) is 8.88. The summed E-state index contributed by atoms with van der Waals surface area (Å²) in [6, 6.07) is 7.05. The Morgan fingerprint density at radius 3 is 2.44 bits per heavy atom. The molecule has 1 rings (SSSR count). The molecule has 5 heteroatoms. The number of hydrogen-bond acceptors (Lipinski definition) is 3. The second-order valence-corrected chi connectivity index (χ2v) is 6.33. The summed E-state index contributed by atoms with van der Waals surface area (Å²) < 4.78 is 0. The number of carbonyl (C=O) groups excluding carboxylic acids is 2. The van der Waals surface area contributed by atoms with Crippen LogP contribution in [-0.4, -0.2) is 31.4 Å². The summed E-state index contributed by atoms with van der Waals surface area (Å²) in [6.07, 6.45) is 8.10. The van der Waals surface area contributed by atoms with Crippen LogP contribution >= 0.6 is 0 Å². The van der Waals surface area contributed by atoms with E-state index in [0.29, 0.717) is 24.3 Å². The number of rotatable bonds is 13. The quantitative estimate of drug-likeness (QED) is 0.476. The SMILES string of the molecule is CCCCCCCNCC(=O)Nc1cccc(C(=O)NCCCC)c1. The first kappa shape index (κ1) is 21.2. The van der Waals surface area contributed by atoms with Crippen LogP contribution in [0.4, 0.5) is 5.69 Å². The predicted molar refractivity (Wildman–Crippen MR) is 104 cm³/mol. The molecule has 3 N–H and O–H groups in total. The Morgan fingerprint density at radius 1 is 0.920 bits per heavy atom. The number of benzene rings is 1. The second-order valence-electron chi connectivity index (χ2n) is 6.33. The molecule has 1 aromatic rings. The van der Waals surface area contributed by atoms with Gasteiger partial charge in [-0.1, -0.05) is 52.0 Å². The Bertz CT molecular complexity index is 517. The Hall–Kier alpha value is -1.88. The topological polar surface area (TPSA) is 70.2 Å². The third-order valence-electron chi connectivity index (χ3n) is 3.97. The largest absolute Gasteiger partial charge is 0.352 e. The average Bonchev–Trinajstić information content (AvgIpc) is 2.61. The van der Waals surface area contributed by atoms with E-state index in [0.717, 1.165) is 25.8 Å². The molecule has 0 heterocycles. The molecule has 0 saturated carbocycles. The Balaban J connectivity index is 2.30. The van der Waals surface area contributed by atoms with Gasteiger partial charge in [0.25, 0.3) is 5.91 Å². The molecule has 5 nitrogen and oxygen atoms in total. The molecule has 0 unspecified atom stereocenters. The van der Waals surface area contributed by atoms with Crippen LogP contribution in [-0.2, 0) is 4.79 Å². The predicted octanol–water partition coefficient (Wildman–Crippen LogP) is 3.72. The molecule has 0 atom stereocenters.